The first-order chi connectivity index (χ1) is 11.4. The SMILES string of the molecule is C=CCO[C@H]1O[C@H](CO)[C@@H](O)[C@H](O[C@H]2O[C@H](C)[C@H](O)C[C@H]2O)[C@@H]1O. The molecule has 0 spiro atoms. The Kier molecular flexibility index (Phi) is 7.10. The molecular weight excluding hydrogens is 324 g/mol. The highest BCUT2D eigenvalue weighted by atomic mass is 16.7. The number of hydrogen-bond donors (Lipinski definition) is 5. The maximum atomic E-state index is 10.3. The van der Waals surface area contributed by atoms with Crippen molar-refractivity contribution >= 4 is 0 Å². The zero-order chi connectivity index (χ0) is 17.9. The van der Waals surface area contributed by atoms with E-state index in [1.807, 2.05) is 0 Å². The van der Waals surface area contributed by atoms with Crippen molar-refractivity contribution < 1.29 is 44.5 Å². The summed E-state index contributed by atoms with van der Waals surface area (Å²) in [5.41, 5.74) is 0. The van der Waals surface area contributed by atoms with E-state index < -0.39 is 61.9 Å². The Morgan fingerprint density at radius 1 is 1.08 bits per heavy atom. The van der Waals surface area contributed by atoms with Gasteiger partial charge in [-0.2, -0.15) is 0 Å². The highest BCUT2D eigenvalue weighted by molar-refractivity contribution is 4.92. The van der Waals surface area contributed by atoms with Crippen LogP contribution in [-0.4, -0.2) is 94.1 Å². The van der Waals surface area contributed by atoms with E-state index >= 15 is 0 Å². The van der Waals surface area contributed by atoms with Crippen LogP contribution in [0.4, 0.5) is 0 Å². The molecule has 0 aromatic heterocycles. The van der Waals surface area contributed by atoms with Gasteiger partial charge in [0.05, 0.1) is 25.4 Å². The zero-order valence-electron chi connectivity index (χ0n) is 13.5. The lowest BCUT2D eigenvalue weighted by atomic mass is 9.98. The van der Waals surface area contributed by atoms with Gasteiger partial charge in [-0.3, -0.25) is 0 Å². The van der Waals surface area contributed by atoms with Crippen LogP contribution in [0.1, 0.15) is 13.3 Å². The molecule has 2 aliphatic rings. The van der Waals surface area contributed by atoms with E-state index in [1.165, 1.54) is 6.08 Å². The molecular formula is C15H26O9. The quantitative estimate of drug-likeness (QED) is 0.340. The third kappa shape index (κ3) is 4.31. The van der Waals surface area contributed by atoms with Crippen molar-refractivity contribution in [2.75, 3.05) is 13.2 Å². The molecule has 2 fully saturated rings. The molecule has 0 radical (unpaired) electrons. The largest absolute Gasteiger partial charge is 0.394 e. The maximum Gasteiger partial charge on any atom is 0.187 e. The van der Waals surface area contributed by atoms with Crippen LogP contribution in [0.3, 0.4) is 0 Å². The van der Waals surface area contributed by atoms with Gasteiger partial charge in [-0.1, -0.05) is 6.08 Å². The van der Waals surface area contributed by atoms with E-state index in [2.05, 4.69) is 6.58 Å². The summed E-state index contributed by atoms with van der Waals surface area (Å²) in [5.74, 6) is 0. The molecule has 0 bridgehead atoms. The predicted molar refractivity (Wildman–Crippen MR) is 79.7 cm³/mol. The number of rotatable bonds is 6. The molecule has 2 aliphatic heterocycles. The van der Waals surface area contributed by atoms with Crippen LogP contribution in [0, 0.1) is 0 Å². The Bertz CT molecular complexity index is 406. The van der Waals surface area contributed by atoms with Crippen molar-refractivity contribution in [3.8, 4) is 0 Å². The summed E-state index contributed by atoms with van der Waals surface area (Å²) in [4.78, 5) is 0. The lowest BCUT2D eigenvalue weighted by molar-refractivity contribution is -0.346. The topological polar surface area (TPSA) is 138 Å². The van der Waals surface area contributed by atoms with Crippen LogP contribution in [0.25, 0.3) is 0 Å². The van der Waals surface area contributed by atoms with Gasteiger partial charge in [-0.25, -0.2) is 0 Å². The van der Waals surface area contributed by atoms with Crippen LogP contribution in [0.2, 0.25) is 0 Å². The molecule has 9 nitrogen and oxygen atoms in total. The third-order valence-corrected chi connectivity index (χ3v) is 4.18. The van der Waals surface area contributed by atoms with Crippen molar-refractivity contribution in [3.63, 3.8) is 0 Å². The van der Waals surface area contributed by atoms with Gasteiger partial charge < -0.3 is 44.5 Å². The van der Waals surface area contributed by atoms with E-state index in [0.29, 0.717) is 0 Å². The predicted octanol–water partition coefficient (Wildman–Crippen LogP) is -2.13. The van der Waals surface area contributed by atoms with Gasteiger partial charge >= 0.3 is 0 Å². The van der Waals surface area contributed by atoms with E-state index in [9.17, 15) is 25.5 Å². The standard InChI is InChI=1S/C15H26O9/c1-3-4-21-15-12(20)13(11(19)10(6-16)23-15)24-14-9(18)5-8(17)7(2)22-14/h3,7-20H,1,4-6H2,2H3/t7-,8-,9-,10-,11-,12+,13+,14-,15+/m1/s1. The molecule has 5 N–H and O–H groups in total. The number of aliphatic hydroxyl groups excluding tert-OH is 5. The molecule has 9 heteroatoms. The van der Waals surface area contributed by atoms with Crippen LogP contribution in [0.5, 0.6) is 0 Å². The molecule has 0 aliphatic carbocycles. The molecule has 0 unspecified atom stereocenters. The summed E-state index contributed by atoms with van der Waals surface area (Å²) < 4.78 is 21.5. The molecule has 0 aromatic rings. The van der Waals surface area contributed by atoms with Gasteiger partial charge in [0.15, 0.2) is 12.6 Å². The summed E-state index contributed by atoms with van der Waals surface area (Å²) in [6, 6.07) is 0. The van der Waals surface area contributed by atoms with Crippen molar-refractivity contribution in [3.05, 3.63) is 12.7 Å². The summed E-state index contributed by atoms with van der Waals surface area (Å²) in [5, 5.41) is 49.6. The Labute approximate surface area is 140 Å². The fraction of sp³-hybridized carbons (Fsp3) is 0.867. The molecule has 24 heavy (non-hydrogen) atoms. The van der Waals surface area contributed by atoms with Crippen LogP contribution >= 0.6 is 0 Å². The van der Waals surface area contributed by atoms with Crippen molar-refractivity contribution in [1.29, 1.82) is 0 Å². The van der Waals surface area contributed by atoms with E-state index in [1.54, 1.807) is 6.92 Å². The van der Waals surface area contributed by atoms with Crippen molar-refractivity contribution in [1.82, 2.24) is 0 Å². The van der Waals surface area contributed by atoms with Gasteiger partial charge in [-0.15, -0.1) is 6.58 Å². The summed E-state index contributed by atoms with van der Waals surface area (Å²) in [6.07, 6.45) is -8.29. The second-order valence-electron chi connectivity index (χ2n) is 6.01. The zero-order valence-corrected chi connectivity index (χ0v) is 13.5. The minimum absolute atomic E-state index is 0.0427. The minimum Gasteiger partial charge on any atom is -0.394 e. The minimum atomic E-state index is -1.37. The Morgan fingerprint density at radius 3 is 2.42 bits per heavy atom. The monoisotopic (exact) mass is 350 g/mol. The molecule has 2 saturated heterocycles. The molecule has 0 amide bonds. The van der Waals surface area contributed by atoms with Gasteiger partial charge in [0, 0.05) is 6.42 Å². The van der Waals surface area contributed by atoms with E-state index in [-0.39, 0.29) is 13.0 Å². The first kappa shape index (κ1) is 19.7. The van der Waals surface area contributed by atoms with Gasteiger partial charge in [0.1, 0.15) is 30.5 Å². The number of hydrogen-bond acceptors (Lipinski definition) is 9. The lowest BCUT2D eigenvalue weighted by Gasteiger charge is -2.44. The first-order valence-electron chi connectivity index (χ1n) is 7.91. The second kappa shape index (κ2) is 8.65. The van der Waals surface area contributed by atoms with Crippen LogP contribution < -0.4 is 0 Å². The van der Waals surface area contributed by atoms with Gasteiger partial charge in [0.2, 0.25) is 0 Å². The van der Waals surface area contributed by atoms with Crippen LogP contribution in [0.15, 0.2) is 12.7 Å². The second-order valence-corrected chi connectivity index (χ2v) is 6.01. The van der Waals surface area contributed by atoms with E-state index in [4.69, 9.17) is 18.9 Å². The number of ether oxygens (including phenoxy) is 4. The third-order valence-electron chi connectivity index (χ3n) is 4.18. The Balaban J connectivity index is 2.08. The molecule has 2 heterocycles. The lowest BCUT2D eigenvalue weighted by Crippen LogP contribution is -2.62. The maximum absolute atomic E-state index is 10.3. The van der Waals surface area contributed by atoms with E-state index in [0.717, 1.165) is 0 Å². The Morgan fingerprint density at radius 2 is 1.79 bits per heavy atom. The fourth-order valence-corrected chi connectivity index (χ4v) is 2.74. The average molecular weight is 350 g/mol. The smallest absolute Gasteiger partial charge is 0.187 e. The fourth-order valence-electron chi connectivity index (χ4n) is 2.74. The molecule has 140 valence electrons. The summed E-state index contributed by atoms with van der Waals surface area (Å²) in [7, 11) is 0. The first-order valence-corrected chi connectivity index (χ1v) is 7.91. The molecule has 9 atom stereocenters. The summed E-state index contributed by atoms with van der Waals surface area (Å²) >= 11 is 0. The Hall–Kier alpha value is -0.620. The number of aliphatic hydroxyl groups is 5. The van der Waals surface area contributed by atoms with Crippen LogP contribution in [-0.2, 0) is 18.9 Å². The van der Waals surface area contributed by atoms with Gasteiger partial charge in [0.25, 0.3) is 0 Å². The molecule has 0 saturated carbocycles. The van der Waals surface area contributed by atoms with Crippen molar-refractivity contribution in [2.24, 2.45) is 0 Å². The van der Waals surface area contributed by atoms with Crippen molar-refractivity contribution in [2.45, 2.75) is 68.7 Å². The van der Waals surface area contributed by atoms with Gasteiger partial charge in [-0.05, 0) is 6.92 Å². The highest BCUT2D eigenvalue weighted by Gasteiger charge is 2.48. The normalized spacial score (nSPS) is 46.7. The highest BCUT2D eigenvalue weighted by Crippen LogP contribution is 2.29. The molecule has 2 rings (SSSR count). The molecule has 0 aromatic carbocycles. The summed E-state index contributed by atoms with van der Waals surface area (Å²) in [6.45, 7) is 4.70. The average Bonchev–Trinajstić information content (AvgIpc) is 2.55.